The Bertz CT molecular complexity index is 729. The van der Waals surface area contributed by atoms with Gasteiger partial charge in [-0.25, -0.2) is 0 Å². The molecule has 2 aliphatic rings. The zero-order chi connectivity index (χ0) is 16.7. The van der Waals surface area contributed by atoms with Gasteiger partial charge >= 0.3 is 5.97 Å². The maximum absolute atomic E-state index is 12.4. The summed E-state index contributed by atoms with van der Waals surface area (Å²) in [6.45, 7) is 0. The number of carboxylic acid groups (broad SMARTS) is 1. The van der Waals surface area contributed by atoms with E-state index in [2.05, 4.69) is 5.32 Å². The smallest absolute Gasteiger partial charge is 0.307 e. The third kappa shape index (κ3) is 2.52. The molecule has 0 aliphatic heterocycles. The van der Waals surface area contributed by atoms with Gasteiger partial charge in [-0.05, 0) is 24.3 Å². The number of nitrogens with zero attached hydrogens (tertiary/aromatic N) is 1. The molecule has 4 atom stereocenters. The standard InChI is InChI=1S/C15H14N2O6/c18-11-6-9(17(22)23)3-4-10(11)16-14(19)12-7-1-2-8(5-7)13(12)15(20)21/h1-4,6-8,12-13,18H,5H2,(H,16,19)(H,20,21)/t7-,8+,12-,13+/m0/s1. The van der Waals surface area contributed by atoms with Crippen LogP contribution >= 0.6 is 0 Å². The molecule has 1 amide bonds. The fraction of sp³-hybridized carbons (Fsp3) is 0.333. The van der Waals surface area contributed by atoms with E-state index in [-0.39, 0.29) is 23.2 Å². The lowest BCUT2D eigenvalue weighted by molar-refractivity contribution is -0.384. The first kappa shape index (κ1) is 15.0. The van der Waals surface area contributed by atoms with Gasteiger partial charge < -0.3 is 15.5 Å². The van der Waals surface area contributed by atoms with Gasteiger partial charge in [0.2, 0.25) is 5.91 Å². The lowest BCUT2D eigenvalue weighted by Crippen LogP contribution is -2.36. The summed E-state index contributed by atoms with van der Waals surface area (Å²) in [5, 5.41) is 32.2. The van der Waals surface area contributed by atoms with Gasteiger partial charge in [0, 0.05) is 6.07 Å². The Hall–Kier alpha value is -2.90. The number of allylic oxidation sites excluding steroid dienone is 2. The topological polar surface area (TPSA) is 130 Å². The minimum absolute atomic E-state index is 0.0245. The van der Waals surface area contributed by atoms with Crippen LogP contribution in [0.5, 0.6) is 5.75 Å². The number of amides is 1. The zero-order valence-corrected chi connectivity index (χ0v) is 11.9. The Balaban J connectivity index is 1.81. The molecule has 3 N–H and O–H groups in total. The number of hydrogen-bond donors (Lipinski definition) is 3. The summed E-state index contributed by atoms with van der Waals surface area (Å²) in [7, 11) is 0. The first-order valence-electron chi connectivity index (χ1n) is 7.08. The number of phenols is 1. The van der Waals surface area contributed by atoms with E-state index in [0.717, 1.165) is 12.1 Å². The van der Waals surface area contributed by atoms with Gasteiger partial charge in [-0.3, -0.25) is 19.7 Å². The predicted molar refractivity (Wildman–Crippen MR) is 78.7 cm³/mol. The number of carbonyl (C=O) groups excluding carboxylic acids is 1. The number of non-ortho nitro benzene ring substituents is 1. The lowest BCUT2D eigenvalue weighted by atomic mass is 9.82. The molecule has 2 aliphatic carbocycles. The van der Waals surface area contributed by atoms with Gasteiger partial charge in [-0.2, -0.15) is 0 Å². The van der Waals surface area contributed by atoms with Crippen LogP contribution in [0.2, 0.25) is 0 Å². The molecule has 0 saturated heterocycles. The first-order chi connectivity index (χ1) is 10.9. The summed E-state index contributed by atoms with van der Waals surface area (Å²) in [4.78, 5) is 33.8. The molecule has 120 valence electrons. The van der Waals surface area contributed by atoms with E-state index >= 15 is 0 Å². The van der Waals surface area contributed by atoms with Crippen molar-refractivity contribution in [2.45, 2.75) is 6.42 Å². The highest BCUT2D eigenvalue weighted by molar-refractivity contribution is 5.97. The number of nitro benzene ring substituents is 1. The van der Waals surface area contributed by atoms with Crippen molar-refractivity contribution in [3.8, 4) is 5.75 Å². The molecule has 0 aromatic heterocycles. The summed E-state index contributed by atoms with van der Waals surface area (Å²) >= 11 is 0. The van der Waals surface area contributed by atoms with Crippen LogP contribution in [0.4, 0.5) is 11.4 Å². The maximum atomic E-state index is 12.4. The van der Waals surface area contributed by atoms with E-state index in [1.165, 1.54) is 6.07 Å². The van der Waals surface area contributed by atoms with Gasteiger partial charge in [0.05, 0.1) is 28.5 Å². The van der Waals surface area contributed by atoms with Gasteiger partial charge in [0.1, 0.15) is 5.75 Å². The highest BCUT2D eigenvalue weighted by Gasteiger charge is 2.51. The summed E-state index contributed by atoms with van der Waals surface area (Å²) in [6.07, 6.45) is 4.31. The zero-order valence-electron chi connectivity index (χ0n) is 11.9. The average Bonchev–Trinajstić information content (AvgIpc) is 3.09. The van der Waals surface area contributed by atoms with Crippen molar-refractivity contribution in [3.63, 3.8) is 0 Å². The molecule has 8 nitrogen and oxygen atoms in total. The molecule has 0 radical (unpaired) electrons. The summed E-state index contributed by atoms with van der Waals surface area (Å²) < 4.78 is 0. The third-order valence-electron chi connectivity index (χ3n) is 4.50. The second-order valence-corrected chi connectivity index (χ2v) is 5.79. The number of carboxylic acids is 1. The van der Waals surface area contributed by atoms with E-state index < -0.39 is 34.4 Å². The van der Waals surface area contributed by atoms with Crippen LogP contribution in [0.3, 0.4) is 0 Å². The van der Waals surface area contributed by atoms with E-state index in [1.807, 2.05) is 12.2 Å². The van der Waals surface area contributed by atoms with Gasteiger partial charge in [0.25, 0.3) is 5.69 Å². The van der Waals surface area contributed by atoms with Crippen molar-refractivity contribution in [1.29, 1.82) is 0 Å². The monoisotopic (exact) mass is 318 g/mol. The number of phenolic OH excluding ortho intramolecular Hbond substituents is 1. The number of nitro groups is 1. The number of fused-ring (bicyclic) bond motifs is 2. The first-order valence-corrected chi connectivity index (χ1v) is 7.08. The van der Waals surface area contributed by atoms with Crippen LogP contribution in [0, 0.1) is 33.8 Å². The molecule has 3 rings (SSSR count). The fourth-order valence-electron chi connectivity index (χ4n) is 3.47. The van der Waals surface area contributed by atoms with Crippen LogP contribution in [0.25, 0.3) is 0 Å². The van der Waals surface area contributed by atoms with Crippen molar-refractivity contribution in [2.24, 2.45) is 23.7 Å². The average molecular weight is 318 g/mol. The summed E-state index contributed by atoms with van der Waals surface area (Å²) in [6, 6.07) is 3.32. The number of hydrogen-bond acceptors (Lipinski definition) is 5. The minimum Gasteiger partial charge on any atom is -0.506 e. The molecule has 1 fully saturated rings. The third-order valence-corrected chi connectivity index (χ3v) is 4.50. The van der Waals surface area contributed by atoms with E-state index in [9.17, 15) is 29.9 Å². The quantitative estimate of drug-likeness (QED) is 0.336. The SMILES string of the molecule is O=C(Nc1ccc([N+](=O)[O-])cc1O)[C@@H]1[C@H](C(=O)O)[C@@H]2C=C[C@H]1C2. The van der Waals surface area contributed by atoms with E-state index in [0.29, 0.717) is 6.42 Å². The van der Waals surface area contributed by atoms with Crippen molar-refractivity contribution >= 4 is 23.3 Å². The van der Waals surface area contributed by atoms with Crippen molar-refractivity contribution < 1.29 is 24.7 Å². The van der Waals surface area contributed by atoms with E-state index in [1.54, 1.807) is 0 Å². The number of aromatic hydroxyl groups is 1. The molecule has 0 unspecified atom stereocenters. The largest absolute Gasteiger partial charge is 0.506 e. The highest BCUT2D eigenvalue weighted by atomic mass is 16.6. The number of nitrogens with one attached hydrogen (secondary N) is 1. The molecule has 1 aromatic carbocycles. The van der Waals surface area contributed by atoms with Gasteiger partial charge in [-0.15, -0.1) is 0 Å². The summed E-state index contributed by atoms with van der Waals surface area (Å²) in [5.74, 6) is -3.74. The molecule has 1 aromatic rings. The second-order valence-electron chi connectivity index (χ2n) is 5.79. The Labute approximate surface area is 130 Å². The molecule has 2 bridgehead atoms. The number of anilines is 1. The van der Waals surface area contributed by atoms with Crippen molar-refractivity contribution in [1.82, 2.24) is 0 Å². The molecule has 8 heteroatoms. The second kappa shape index (κ2) is 5.38. The number of aliphatic carboxylic acids is 1. The Kier molecular flexibility index (Phi) is 3.51. The Morgan fingerprint density at radius 2 is 1.87 bits per heavy atom. The fourth-order valence-corrected chi connectivity index (χ4v) is 3.47. The molecule has 0 spiro atoms. The van der Waals surface area contributed by atoms with E-state index in [4.69, 9.17) is 0 Å². The van der Waals surface area contributed by atoms with Crippen molar-refractivity contribution in [3.05, 3.63) is 40.5 Å². The molecular formula is C15H14N2O6. The minimum atomic E-state index is -1.02. The Morgan fingerprint density at radius 1 is 1.22 bits per heavy atom. The van der Waals surface area contributed by atoms with Crippen LogP contribution < -0.4 is 5.32 Å². The maximum Gasteiger partial charge on any atom is 0.307 e. The van der Waals surface area contributed by atoms with Crippen LogP contribution in [-0.2, 0) is 9.59 Å². The molecule has 0 heterocycles. The van der Waals surface area contributed by atoms with Crippen LogP contribution in [-0.4, -0.2) is 27.0 Å². The predicted octanol–water partition coefficient (Wildman–Crippen LogP) is 1.76. The molecule has 23 heavy (non-hydrogen) atoms. The Morgan fingerprint density at radius 3 is 2.43 bits per heavy atom. The van der Waals surface area contributed by atoms with Gasteiger partial charge in [0.15, 0.2) is 0 Å². The number of rotatable bonds is 4. The van der Waals surface area contributed by atoms with Crippen LogP contribution in [0.15, 0.2) is 30.4 Å². The molecule has 1 saturated carbocycles. The number of carbonyl (C=O) groups is 2. The normalized spacial score (nSPS) is 27.8. The van der Waals surface area contributed by atoms with Crippen LogP contribution in [0.1, 0.15) is 6.42 Å². The summed E-state index contributed by atoms with van der Waals surface area (Å²) in [5.41, 5.74) is -0.275. The number of benzene rings is 1. The van der Waals surface area contributed by atoms with Gasteiger partial charge in [-0.1, -0.05) is 12.2 Å². The lowest BCUT2D eigenvalue weighted by Gasteiger charge is -2.24. The molecular weight excluding hydrogens is 304 g/mol. The van der Waals surface area contributed by atoms with Crippen molar-refractivity contribution in [2.75, 3.05) is 5.32 Å². The highest BCUT2D eigenvalue weighted by Crippen LogP contribution is 2.48.